The molecule has 0 aliphatic heterocycles. The molecule has 1 rings (SSSR count). The highest BCUT2D eigenvalue weighted by Gasteiger charge is 2.01. The molecule has 0 aliphatic carbocycles. The highest BCUT2D eigenvalue weighted by atomic mass is 35.5. The van der Waals surface area contributed by atoms with Gasteiger partial charge in [0.25, 0.3) is 0 Å². The van der Waals surface area contributed by atoms with Gasteiger partial charge in [0.05, 0.1) is 0 Å². The third-order valence-corrected chi connectivity index (χ3v) is 2.78. The van der Waals surface area contributed by atoms with Gasteiger partial charge in [-0.3, -0.25) is 4.79 Å². The third-order valence-electron chi connectivity index (χ3n) is 2.55. The maximum atomic E-state index is 11.5. The van der Waals surface area contributed by atoms with Gasteiger partial charge in [0.2, 0.25) is 5.91 Å². The summed E-state index contributed by atoms with van der Waals surface area (Å²) in [4.78, 5) is 11.5. The Bertz CT molecular complexity index is 380. The van der Waals surface area contributed by atoms with E-state index in [9.17, 15) is 4.79 Å². The summed E-state index contributed by atoms with van der Waals surface area (Å²) in [7, 11) is 0. The van der Waals surface area contributed by atoms with Gasteiger partial charge in [0.15, 0.2) is 0 Å². The van der Waals surface area contributed by atoms with Crippen LogP contribution >= 0.6 is 11.6 Å². The van der Waals surface area contributed by atoms with Gasteiger partial charge >= 0.3 is 0 Å². The van der Waals surface area contributed by atoms with E-state index in [1.54, 1.807) is 0 Å². The highest BCUT2D eigenvalue weighted by Crippen LogP contribution is 2.14. The smallest absolute Gasteiger partial charge is 0.221 e. The van der Waals surface area contributed by atoms with E-state index in [0.29, 0.717) is 23.9 Å². The number of nitrogens with one attached hydrogen (secondary N) is 2. The van der Waals surface area contributed by atoms with Crippen LogP contribution < -0.4 is 10.6 Å². The van der Waals surface area contributed by atoms with E-state index in [0.717, 1.165) is 18.7 Å². The fraction of sp³-hybridized carbons (Fsp3) is 0.500. The largest absolute Gasteiger partial charge is 0.384 e. The van der Waals surface area contributed by atoms with Gasteiger partial charge in [-0.15, -0.1) is 0 Å². The molecule has 0 fully saturated rings. The van der Waals surface area contributed by atoms with Gasteiger partial charge in [0, 0.05) is 30.2 Å². The Morgan fingerprint density at radius 1 is 1.33 bits per heavy atom. The first-order valence-corrected chi connectivity index (χ1v) is 6.72. The number of hydrogen-bond donors (Lipinski definition) is 2. The molecule has 0 unspecified atom stereocenters. The van der Waals surface area contributed by atoms with E-state index in [1.165, 1.54) is 0 Å². The van der Waals surface area contributed by atoms with Crippen molar-refractivity contribution in [3.63, 3.8) is 0 Å². The van der Waals surface area contributed by atoms with E-state index in [-0.39, 0.29) is 5.91 Å². The molecule has 0 saturated heterocycles. The summed E-state index contributed by atoms with van der Waals surface area (Å²) in [5, 5.41) is 6.77. The van der Waals surface area contributed by atoms with Crippen LogP contribution in [-0.2, 0) is 4.79 Å². The van der Waals surface area contributed by atoms with Crippen molar-refractivity contribution in [2.75, 3.05) is 18.4 Å². The van der Waals surface area contributed by atoms with Crippen LogP contribution in [0.15, 0.2) is 24.3 Å². The van der Waals surface area contributed by atoms with Gasteiger partial charge in [0.1, 0.15) is 0 Å². The molecular formula is C14H21ClN2O. The molecule has 0 atom stereocenters. The van der Waals surface area contributed by atoms with Crippen LogP contribution in [-0.4, -0.2) is 19.0 Å². The van der Waals surface area contributed by atoms with Crippen LogP contribution in [0, 0.1) is 5.92 Å². The highest BCUT2D eigenvalue weighted by molar-refractivity contribution is 6.30. The van der Waals surface area contributed by atoms with Gasteiger partial charge in [-0.2, -0.15) is 0 Å². The normalized spacial score (nSPS) is 10.4. The molecular weight excluding hydrogens is 248 g/mol. The zero-order valence-electron chi connectivity index (χ0n) is 11.0. The first-order chi connectivity index (χ1) is 8.58. The molecule has 0 spiro atoms. The Kier molecular flexibility index (Phi) is 6.58. The molecule has 0 heterocycles. The van der Waals surface area contributed by atoms with Gasteiger partial charge in [-0.25, -0.2) is 0 Å². The average Bonchev–Trinajstić information content (AvgIpc) is 2.28. The maximum absolute atomic E-state index is 11.5. The van der Waals surface area contributed by atoms with Crippen molar-refractivity contribution in [3.8, 4) is 0 Å². The van der Waals surface area contributed by atoms with Crippen molar-refractivity contribution in [3.05, 3.63) is 29.3 Å². The summed E-state index contributed by atoms with van der Waals surface area (Å²) in [5.74, 6) is 0.708. The number of anilines is 1. The van der Waals surface area contributed by atoms with Gasteiger partial charge < -0.3 is 10.6 Å². The third kappa shape index (κ3) is 6.50. The molecule has 0 aromatic heterocycles. The maximum Gasteiger partial charge on any atom is 0.221 e. The average molecular weight is 269 g/mol. The Balaban J connectivity index is 2.15. The summed E-state index contributed by atoms with van der Waals surface area (Å²) >= 11 is 5.87. The summed E-state index contributed by atoms with van der Waals surface area (Å²) < 4.78 is 0. The minimum absolute atomic E-state index is 0.0881. The SMILES string of the molecule is CC(C)CCNC(=O)CCNc1cccc(Cl)c1. The minimum atomic E-state index is 0.0881. The molecule has 0 radical (unpaired) electrons. The summed E-state index contributed by atoms with van der Waals surface area (Å²) in [6, 6.07) is 7.49. The van der Waals surface area contributed by atoms with Crippen LogP contribution in [0.1, 0.15) is 26.7 Å². The standard InChI is InChI=1S/C14H21ClN2O/c1-11(2)6-8-17-14(18)7-9-16-13-5-3-4-12(15)10-13/h3-5,10-11,16H,6-9H2,1-2H3,(H,17,18). The molecule has 2 N–H and O–H groups in total. The van der Waals surface area contributed by atoms with Gasteiger partial charge in [-0.1, -0.05) is 31.5 Å². The molecule has 4 heteroatoms. The summed E-state index contributed by atoms with van der Waals surface area (Å²) in [6.45, 7) is 5.67. The number of carbonyl (C=O) groups is 1. The first-order valence-electron chi connectivity index (χ1n) is 6.34. The number of hydrogen-bond acceptors (Lipinski definition) is 2. The van der Waals surface area contributed by atoms with Gasteiger partial charge in [-0.05, 0) is 30.5 Å². The molecule has 3 nitrogen and oxygen atoms in total. The quantitative estimate of drug-likeness (QED) is 0.797. The fourth-order valence-electron chi connectivity index (χ4n) is 1.51. The summed E-state index contributed by atoms with van der Waals surface area (Å²) in [5.41, 5.74) is 0.942. The van der Waals surface area contributed by atoms with E-state index < -0.39 is 0 Å². The van der Waals surface area contributed by atoms with Crippen molar-refractivity contribution in [2.45, 2.75) is 26.7 Å². The zero-order valence-corrected chi connectivity index (χ0v) is 11.8. The minimum Gasteiger partial charge on any atom is -0.384 e. The van der Waals surface area contributed by atoms with E-state index >= 15 is 0 Å². The molecule has 18 heavy (non-hydrogen) atoms. The molecule has 100 valence electrons. The van der Waals surface area contributed by atoms with Crippen LogP contribution in [0.25, 0.3) is 0 Å². The van der Waals surface area contributed by atoms with Crippen molar-refractivity contribution in [2.24, 2.45) is 5.92 Å². The Labute approximate surface area is 114 Å². The van der Waals surface area contributed by atoms with E-state index in [1.807, 2.05) is 24.3 Å². The lowest BCUT2D eigenvalue weighted by Gasteiger charge is -2.08. The predicted molar refractivity (Wildman–Crippen MR) is 77.0 cm³/mol. The summed E-state index contributed by atoms with van der Waals surface area (Å²) in [6.07, 6.45) is 1.50. The Morgan fingerprint density at radius 3 is 2.78 bits per heavy atom. The first kappa shape index (κ1) is 14.8. The topological polar surface area (TPSA) is 41.1 Å². The lowest BCUT2D eigenvalue weighted by Crippen LogP contribution is -2.27. The van der Waals surface area contributed by atoms with Crippen LogP contribution in [0.4, 0.5) is 5.69 Å². The number of carbonyl (C=O) groups excluding carboxylic acids is 1. The number of rotatable bonds is 7. The number of benzene rings is 1. The molecule has 0 aliphatic rings. The van der Waals surface area contributed by atoms with E-state index in [4.69, 9.17) is 11.6 Å². The van der Waals surface area contributed by atoms with Crippen molar-refractivity contribution in [1.82, 2.24) is 5.32 Å². The monoisotopic (exact) mass is 268 g/mol. The van der Waals surface area contributed by atoms with Crippen LogP contribution in [0.2, 0.25) is 5.02 Å². The lowest BCUT2D eigenvalue weighted by atomic mass is 10.1. The molecule has 1 amide bonds. The van der Waals surface area contributed by atoms with Crippen LogP contribution in [0.5, 0.6) is 0 Å². The second-order valence-corrected chi connectivity index (χ2v) is 5.16. The number of amides is 1. The second-order valence-electron chi connectivity index (χ2n) is 4.72. The number of halogens is 1. The molecule has 0 saturated carbocycles. The van der Waals surface area contributed by atoms with Crippen molar-refractivity contribution >= 4 is 23.2 Å². The zero-order chi connectivity index (χ0) is 13.4. The molecule has 0 bridgehead atoms. The molecule has 1 aromatic carbocycles. The Hall–Kier alpha value is -1.22. The van der Waals surface area contributed by atoms with E-state index in [2.05, 4.69) is 24.5 Å². The fourth-order valence-corrected chi connectivity index (χ4v) is 1.70. The lowest BCUT2D eigenvalue weighted by molar-refractivity contribution is -0.120. The van der Waals surface area contributed by atoms with Crippen molar-refractivity contribution in [1.29, 1.82) is 0 Å². The van der Waals surface area contributed by atoms with Crippen molar-refractivity contribution < 1.29 is 4.79 Å². The Morgan fingerprint density at radius 2 is 2.11 bits per heavy atom. The second kappa shape index (κ2) is 7.98. The molecule has 1 aromatic rings. The van der Waals surface area contributed by atoms with Crippen LogP contribution in [0.3, 0.4) is 0 Å². The predicted octanol–water partition coefficient (Wildman–Crippen LogP) is 3.30.